The lowest BCUT2D eigenvalue weighted by Crippen LogP contribution is -2.16. The summed E-state index contributed by atoms with van der Waals surface area (Å²) in [5, 5.41) is 12.0. The highest BCUT2D eigenvalue weighted by Gasteiger charge is 2.41. The van der Waals surface area contributed by atoms with E-state index >= 15 is 0 Å². The van der Waals surface area contributed by atoms with Gasteiger partial charge in [0.15, 0.2) is 5.75 Å². The number of ether oxygens (including phenoxy) is 1. The lowest BCUT2D eigenvalue weighted by Gasteiger charge is -2.19. The number of benzene rings is 3. The SMILES string of the molecule is O=C(Nc1ccccc1)c1cc(Cl)c(Oc2ccc(SC(F)(F)F)cc2)c(C(F)(F)F)c1O. The first kappa shape index (κ1) is 24.6. The minimum absolute atomic E-state index is 0.215. The number of halogens is 7. The number of amides is 1. The van der Waals surface area contributed by atoms with E-state index in [1.54, 1.807) is 18.2 Å². The van der Waals surface area contributed by atoms with Crippen molar-refractivity contribution >= 4 is 35.0 Å². The zero-order valence-corrected chi connectivity index (χ0v) is 17.7. The quantitative estimate of drug-likeness (QED) is 0.274. The van der Waals surface area contributed by atoms with Crippen molar-refractivity contribution < 1.29 is 41.0 Å². The molecule has 0 spiro atoms. The zero-order valence-electron chi connectivity index (χ0n) is 16.1. The molecule has 3 aromatic carbocycles. The van der Waals surface area contributed by atoms with E-state index in [1.165, 1.54) is 12.1 Å². The van der Waals surface area contributed by atoms with Crippen molar-refractivity contribution in [2.75, 3.05) is 5.32 Å². The summed E-state index contributed by atoms with van der Waals surface area (Å²) in [4.78, 5) is 12.2. The second-order valence-corrected chi connectivity index (χ2v) is 7.94. The molecule has 3 aromatic rings. The summed E-state index contributed by atoms with van der Waals surface area (Å²) in [6.45, 7) is 0. The van der Waals surface area contributed by atoms with Gasteiger partial charge in [-0.3, -0.25) is 4.79 Å². The predicted molar refractivity (Wildman–Crippen MR) is 111 cm³/mol. The van der Waals surface area contributed by atoms with Gasteiger partial charge in [-0.1, -0.05) is 29.8 Å². The van der Waals surface area contributed by atoms with E-state index in [0.717, 1.165) is 30.3 Å². The van der Waals surface area contributed by atoms with Crippen molar-refractivity contribution in [2.24, 2.45) is 0 Å². The van der Waals surface area contributed by atoms with Gasteiger partial charge >= 0.3 is 11.7 Å². The highest BCUT2D eigenvalue weighted by Crippen LogP contribution is 2.49. The molecular formula is C21H12ClF6NO3S. The number of anilines is 1. The minimum atomic E-state index is -5.18. The summed E-state index contributed by atoms with van der Waals surface area (Å²) in [6.07, 6.45) is -5.18. The maximum Gasteiger partial charge on any atom is 0.446 e. The van der Waals surface area contributed by atoms with Crippen molar-refractivity contribution in [3.8, 4) is 17.2 Å². The first-order valence-electron chi connectivity index (χ1n) is 8.88. The zero-order chi connectivity index (χ0) is 24.4. The number of phenolic OH excluding ortho intramolecular Hbond substituents is 1. The van der Waals surface area contributed by atoms with E-state index in [9.17, 15) is 36.2 Å². The van der Waals surface area contributed by atoms with E-state index in [0.29, 0.717) is 0 Å². The summed E-state index contributed by atoms with van der Waals surface area (Å²) < 4.78 is 83.7. The number of thioether (sulfide) groups is 1. The topological polar surface area (TPSA) is 58.6 Å². The van der Waals surface area contributed by atoms with Crippen molar-refractivity contribution in [1.29, 1.82) is 0 Å². The molecule has 0 radical (unpaired) electrons. The molecule has 0 atom stereocenters. The van der Waals surface area contributed by atoms with Crippen LogP contribution in [0.1, 0.15) is 15.9 Å². The molecule has 12 heteroatoms. The first-order chi connectivity index (χ1) is 15.3. The largest absolute Gasteiger partial charge is 0.506 e. The van der Waals surface area contributed by atoms with Crippen LogP contribution in [0.2, 0.25) is 5.02 Å². The number of phenols is 1. The summed E-state index contributed by atoms with van der Waals surface area (Å²) in [5.74, 6) is -3.74. The molecule has 0 bridgehead atoms. The van der Waals surface area contributed by atoms with Gasteiger partial charge in [-0.15, -0.1) is 0 Å². The third kappa shape index (κ3) is 6.26. The van der Waals surface area contributed by atoms with Crippen molar-refractivity contribution in [3.05, 3.63) is 76.8 Å². The Hall–Kier alpha value is -3.05. The third-order valence-electron chi connectivity index (χ3n) is 4.04. The van der Waals surface area contributed by atoms with Crippen LogP contribution in [0, 0.1) is 0 Å². The van der Waals surface area contributed by atoms with Gasteiger partial charge in [0.2, 0.25) is 0 Å². The molecule has 33 heavy (non-hydrogen) atoms. The maximum atomic E-state index is 13.8. The number of rotatable bonds is 5. The molecule has 2 N–H and O–H groups in total. The lowest BCUT2D eigenvalue weighted by atomic mass is 10.1. The molecular weight excluding hydrogens is 496 g/mol. The van der Waals surface area contributed by atoms with Crippen molar-refractivity contribution in [3.63, 3.8) is 0 Å². The van der Waals surface area contributed by atoms with Crippen LogP contribution >= 0.6 is 23.4 Å². The van der Waals surface area contributed by atoms with Crippen LogP contribution in [-0.4, -0.2) is 16.5 Å². The monoisotopic (exact) mass is 507 g/mol. The van der Waals surface area contributed by atoms with Gasteiger partial charge in [0, 0.05) is 10.6 Å². The number of hydrogen-bond donors (Lipinski definition) is 2. The van der Waals surface area contributed by atoms with Gasteiger partial charge in [-0.05, 0) is 54.2 Å². The van der Waals surface area contributed by atoms with E-state index in [4.69, 9.17) is 16.3 Å². The van der Waals surface area contributed by atoms with Crippen molar-refractivity contribution in [1.82, 2.24) is 0 Å². The molecule has 0 fully saturated rings. The molecule has 0 saturated carbocycles. The lowest BCUT2D eigenvalue weighted by molar-refractivity contribution is -0.139. The van der Waals surface area contributed by atoms with E-state index in [-0.39, 0.29) is 16.3 Å². The number of carbonyl (C=O) groups is 1. The number of para-hydroxylation sites is 1. The molecule has 174 valence electrons. The highest BCUT2D eigenvalue weighted by atomic mass is 35.5. The number of hydrogen-bond acceptors (Lipinski definition) is 4. The molecule has 0 aliphatic heterocycles. The predicted octanol–water partition coefficient (Wildman–Crippen LogP) is 7.72. The summed E-state index contributed by atoms with van der Waals surface area (Å²) in [7, 11) is 0. The molecule has 0 aromatic heterocycles. The Balaban J connectivity index is 1.97. The fourth-order valence-corrected chi connectivity index (χ4v) is 3.49. The van der Waals surface area contributed by atoms with Gasteiger partial charge in [-0.25, -0.2) is 0 Å². The average molecular weight is 508 g/mol. The average Bonchev–Trinajstić information content (AvgIpc) is 2.70. The van der Waals surface area contributed by atoms with Crippen LogP contribution in [0.5, 0.6) is 17.2 Å². The Kier molecular flexibility index (Phi) is 7.03. The molecule has 0 aliphatic carbocycles. The normalized spacial score (nSPS) is 11.8. The second-order valence-electron chi connectivity index (χ2n) is 6.40. The molecule has 0 aliphatic rings. The second kappa shape index (κ2) is 9.44. The standard InChI is InChI=1S/C21H12ClF6NO3S/c22-15-10-14(19(31)29-11-4-2-1-3-5-11)17(30)16(20(23,24)25)18(15)32-12-6-8-13(9-7-12)33-21(26,27)28/h1-10,30H,(H,29,31). The molecule has 4 nitrogen and oxygen atoms in total. The van der Waals surface area contributed by atoms with Gasteiger partial charge in [0.05, 0.1) is 10.6 Å². The Labute approximate surface area is 192 Å². The maximum absolute atomic E-state index is 13.8. The van der Waals surface area contributed by atoms with Crippen LogP contribution in [0.25, 0.3) is 0 Å². The minimum Gasteiger partial charge on any atom is -0.506 e. The molecule has 3 rings (SSSR count). The van der Waals surface area contributed by atoms with Crippen molar-refractivity contribution in [2.45, 2.75) is 16.6 Å². The van der Waals surface area contributed by atoms with Gasteiger partial charge in [-0.2, -0.15) is 26.3 Å². The van der Waals surface area contributed by atoms with E-state index in [1.807, 2.05) is 0 Å². The van der Waals surface area contributed by atoms with Crippen LogP contribution in [0.4, 0.5) is 32.0 Å². The van der Waals surface area contributed by atoms with Crippen LogP contribution in [0.15, 0.2) is 65.6 Å². The summed E-state index contributed by atoms with van der Waals surface area (Å²) in [6, 6.07) is 12.6. The number of aromatic hydroxyl groups is 1. The number of nitrogens with one attached hydrogen (secondary N) is 1. The van der Waals surface area contributed by atoms with Gasteiger partial charge < -0.3 is 15.2 Å². The Morgan fingerprint density at radius 3 is 2.12 bits per heavy atom. The van der Waals surface area contributed by atoms with Gasteiger partial charge in [0.1, 0.15) is 17.1 Å². The third-order valence-corrected chi connectivity index (χ3v) is 5.06. The van der Waals surface area contributed by atoms with Gasteiger partial charge in [0.25, 0.3) is 5.91 Å². The first-order valence-corrected chi connectivity index (χ1v) is 10.1. The smallest absolute Gasteiger partial charge is 0.446 e. The fourth-order valence-electron chi connectivity index (χ4n) is 2.71. The Bertz CT molecular complexity index is 1150. The Morgan fingerprint density at radius 1 is 0.970 bits per heavy atom. The molecule has 0 saturated heterocycles. The number of alkyl halides is 6. The number of carbonyl (C=O) groups excluding carboxylic acids is 1. The summed E-state index contributed by atoms with van der Waals surface area (Å²) >= 11 is 5.55. The van der Waals surface area contributed by atoms with Crippen LogP contribution in [-0.2, 0) is 6.18 Å². The summed E-state index contributed by atoms with van der Waals surface area (Å²) in [5.41, 5.74) is -6.73. The Morgan fingerprint density at radius 2 is 1.58 bits per heavy atom. The fraction of sp³-hybridized carbons (Fsp3) is 0.0952. The van der Waals surface area contributed by atoms with Crippen LogP contribution in [0.3, 0.4) is 0 Å². The van der Waals surface area contributed by atoms with E-state index in [2.05, 4.69) is 5.32 Å². The molecule has 1 amide bonds. The van der Waals surface area contributed by atoms with Crippen LogP contribution < -0.4 is 10.1 Å². The highest BCUT2D eigenvalue weighted by molar-refractivity contribution is 8.00. The molecule has 0 heterocycles. The van der Waals surface area contributed by atoms with E-state index < -0.39 is 57.0 Å². The molecule has 0 unspecified atom stereocenters.